The highest BCUT2D eigenvalue weighted by Gasteiger charge is 2.28. The third-order valence-electron chi connectivity index (χ3n) is 12.1. The van der Waals surface area contributed by atoms with Crippen molar-refractivity contribution < 1.29 is 25.2 Å². The van der Waals surface area contributed by atoms with E-state index in [9.17, 15) is 25.2 Å². The molecule has 0 aromatic heterocycles. The van der Waals surface area contributed by atoms with Gasteiger partial charge in [-0.2, -0.15) is 0 Å². The monoisotopic (exact) mass is 832 g/mol. The molecule has 4 unspecified atom stereocenters. The van der Waals surface area contributed by atoms with Crippen LogP contribution in [0.4, 0.5) is 0 Å². The molecule has 0 bridgehead atoms. The van der Waals surface area contributed by atoms with Gasteiger partial charge >= 0.3 is 0 Å². The summed E-state index contributed by atoms with van der Waals surface area (Å²) < 4.78 is 0. The molecule has 348 valence electrons. The van der Waals surface area contributed by atoms with Crippen molar-refractivity contribution in [3.05, 3.63) is 36.5 Å². The van der Waals surface area contributed by atoms with E-state index < -0.39 is 36.9 Å². The Labute approximate surface area is 367 Å². The van der Waals surface area contributed by atoms with Crippen molar-refractivity contribution in [2.24, 2.45) is 0 Å². The lowest BCUT2D eigenvalue weighted by molar-refractivity contribution is -0.132. The Kier molecular flexibility index (Phi) is 46.4. The quantitative estimate of drug-likeness (QED) is 0.0310. The van der Waals surface area contributed by atoms with Gasteiger partial charge in [0.1, 0.15) is 12.2 Å². The summed E-state index contributed by atoms with van der Waals surface area (Å²) in [5.41, 5.74) is 0. The van der Waals surface area contributed by atoms with E-state index in [2.05, 4.69) is 55.6 Å². The van der Waals surface area contributed by atoms with Crippen LogP contribution in [0.3, 0.4) is 0 Å². The van der Waals surface area contributed by atoms with Crippen LogP contribution in [-0.2, 0) is 4.79 Å². The van der Waals surface area contributed by atoms with Crippen molar-refractivity contribution in [2.45, 2.75) is 289 Å². The number of rotatable bonds is 47. The number of unbranched alkanes of at least 4 members (excludes halogenated alkanes) is 32. The molecule has 0 spiro atoms. The molecule has 0 aromatic carbocycles. The summed E-state index contributed by atoms with van der Waals surface area (Å²) >= 11 is 0. The fourth-order valence-corrected chi connectivity index (χ4v) is 7.97. The Morgan fingerprint density at radius 1 is 0.407 bits per heavy atom. The molecule has 0 aliphatic carbocycles. The number of aliphatic hydroxyl groups is 4. The number of hydrogen-bond acceptors (Lipinski definition) is 5. The van der Waals surface area contributed by atoms with Gasteiger partial charge in [-0.15, -0.1) is 0 Å². The van der Waals surface area contributed by atoms with E-state index in [4.69, 9.17) is 0 Å². The average molecular weight is 832 g/mol. The van der Waals surface area contributed by atoms with Crippen molar-refractivity contribution in [3.63, 3.8) is 0 Å². The molecule has 4 atom stereocenters. The number of carbonyl (C=O) groups is 1. The maximum atomic E-state index is 12.5. The first-order valence-electron chi connectivity index (χ1n) is 25.9. The summed E-state index contributed by atoms with van der Waals surface area (Å²) in [6, 6.07) is -1.01. The zero-order valence-corrected chi connectivity index (χ0v) is 39.3. The van der Waals surface area contributed by atoms with Crippen LogP contribution in [0.5, 0.6) is 0 Å². The summed E-state index contributed by atoms with van der Waals surface area (Å²) in [5.74, 6) is -0.598. The van der Waals surface area contributed by atoms with Crippen LogP contribution in [0.25, 0.3) is 0 Å². The lowest BCUT2D eigenvalue weighted by atomic mass is 10.00. The maximum absolute atomic E-state index is 12.5. The summed E-state index contributed by atoms with van der Waals surface area (Å²) in [6.45, 7) is 4.05. The van der Waals surface area contributed by atoms with Gasteiger partial charge in [0.05, 0.1) is 18.8 Å². The molecule has 0 aliphatic heterocycles. The molecule has 0 aromatic rings. The fraction of sp³-hybridized carbons (Fsp3) is 0.868. The van der Waals surface area contributed by atoms with Crippen LogP contribution < -0.4 is 5.32 Å². The van der Waals surface area contributed by atoms with E-state index >= 15 is 0 Å². The molecule has 0 fully saturated rings. The van der Waals surface area contributed by atoms with Gasteiger partial charge < -0.3 is 25.7 Å². The fourth-order valence-electron chi connectivity index (χ4n) is 7.97. The Hall–Kier alpha value is -1.47. The van der Waals surface area contributed by atoms with Crippen LogP contribution in [-0.4, -0.2) is 57.3 Å². The predicted octanol–water partition coefficient (Wildman–Crippen LogP) is 14.5. The highest BCUT2D eigenvalue weighted by atomic mass is 16.3. The van der Waals surface area contributed by atoms with Crippen LogP contribution in [0.15, 0.2) is 36.5 Å². The smallest absolute Gasteiger partial charge is 0.249 e. The predicted molar refractivity (Wildman–Crippen MR) is 256 cm³/mol. The number of allylic oxidation sites excluding steroid dienone is 6. The molecule has 6 heteroatoms. The van der Waals surface area contributed by atoms with E-state index in [1.165, 1.54) is 180 Å². The zero-order chi connectivity index (χ0) is 43.1. The van der Waals surface area contributed by atoms with Crippen molar-refractivity contribution in [2.75, 3.05) is 6.61 Å². The SMILES string of the molecule is CCCCCCCCCCCCCCCCCC/C=C/CC/C=C/CC/C=C/CCCC(O)C(O)C(CO)NC(=O)C(O)CCCCCCCCCCCCCCCC. The summed E-state index contributed by atoms with van der Waals surface area (Å²) in [6.07, 6.45) is 57.8. The van der Waals surface area contributed by atoms with Crippen LogP contribution >= 0.6 is 0 Å². The van der Waals surface area contributed by atoms with Crippen LogP contribution in [0.1, 0.15) is 264 Å². The van der Waals surface area contributed by atoms with Crippen molar-refractivity contribution in [1.29, 1.82) is 0 Å². The molecular formula is C53H101NO5. The van der Waals surface area contributed by atoms with E-state index in [1.807, 2.05) is 0 Å². The largest absolute Gasteiger partial charge is 0.394 e. The zero-order valence-electron chi connectivity index (χ0n) is 39.3. The van der Waals surface area contributed by atoms with Gasteiger partial charge in [-0.25, -0.2) is 0 Å². The highest BCUT2D eigenvalue weighted by Crippen LogP contribution is 2.16. The lowest BCUT2D eigenvalue weighted by Gasteiger charge is -2.27. The van der Waals surface area contributed by atoms with Gasteiger partial charge in [0.2, 0.25) is 5.91 Å². The highest BCUT2D eigenvalue weighted by molar-refractivity contribution is 5.80. The standard InChI is InChI=1S/C53H101NO5/c1-3-5-7-9-11-13-15-17-19-20-21-22-23-24-25-26-27-28-29-30-31-32-33-35-36-38-40-42-44-46-50(56)52(58)49(48-55)54-53(59)51(57)47-45-43-41-39-37-34-18-16-14-12-10-8-6-4-2/h28-29,32-33,38,40,49-52,55-58H,3-27,30-31,34-37,39,41-48H2,1-2H3,(H,54,59)/b29-28+,33-32+,40-38+. The first-order valence-corrected chi connectivity index (χ1v) is 25.9. The molecule has 1 amide bonds. The van der Waals surface area contributed by atoms with E-state index in [-0.39, 0.29) is 0 Å². The van der Waals surface area contributed by atoms with Crippen molar-refractivity contribution in [3.8, 4) is 0 Å². The van der Waals surface area contributed by atoms with Gasteiger partial charge in [-0.3, -0.25) is 4.79 Å². The van der Waals surface area contributed by atoms with Crippen LogP contribution in [0, 0.1) is 0 Å². The molecule has 5 N–H and O–H groups in total. The lowest BCUT2D eigenvalue weighted by Crippen LogP contribution is -2.53. The number of amides is 1. The second-order valence-corrected chi connectivity index (χ2v) is 17.8. The van der Waals surface area contributed by atoms with Gasteiger partial charge in [0.15, 0.2) is 0 Å². The second kappa shape index (κ2) is 47.6. The summed E-state index contributed by atoms with van der Waals surface area (Å²) in [7, 11) is 0. The molecule has 0 aliphatic rings. The molecule has 0 rings (SSSR count). The molecule has 0 saturated carbocycles. The first-order chi connectivity index (χ1) is 29.0. The Balaban J connectivity index is 3.71. The molecule has 0 heterocycles. The van der Waals surface area contributed by atoms with Gasteiger partial charge in [0.25, 0.3) is 0 Å². The van der Waals surface area contributed by atoms with Crippen molar-refractivity contribution >= 4 is 5.91 Å². The Morgan fingerprint density at radius 3 is 1.07 bits per heavy atom. The topological polar surface area (TPSA) is 110 Å². The number of nitrogens with one attached hydrogen (secondary N) is 1. The minimum absolute atomic E-state index is 0.361. The maximum Gasteiger partial charge on any atom is 0.249 e. The summed E-state index contributed by atoms with van der Waals surface area (Å²) in [4.78, 5) is 12.5. The minimum atomic E-state index is -1.29. The van der Waals surface area contributed by atoms with Crippen LogP contribution in [0.2, 0.25) is 0 Å². The third kappa shape index (κ3) is 41.6. The van der Waals surface area contributed by atoms with E-state index in [0.29, 0.717) is 19.3 Å². The second-order valence-electron chi connectivity index (χ2n) is 17.8. The van der Waals surface area contributed by atoms with Gasteiger partial charge in [0, 0.05) is 0 Å². The molecule has 0 saturated heterocycles. The van der Waals surface area contributed by atoms with Gasteiger partial charge in [-0.1, -0.05) is 237 Å². The Morgan fingerprint density at radius 2 is 0.712 bits per heavy atom. The van der Waals surface area contributed by atoms with E-state index in [0.717, 1.165) is 51.4 Å². The Bertz CT molecular complexity index is 935. The molecule has 59 heavy (non-hydrogen) atoms. The third-order valence-corrected chi connectivity index (χ3v) is 12.1. The number of hydrogen-bond donors (Lipinski definition) is 5. The number of aliphatic hydroxyl groups excluding tert-OH is 4. The average Bonchev–Trinajstić information content (AvgIpc) is 3.24. The molecular weight excluding hydrogens is 731 g/mol. The number of carbonyl (C=O) groups excluding carboxylic acids is 1. The normalized spacial score (nSPS) is 14.2. The molecule has 0 radical (unpaired) electrons. The minimum Gasteiger partial charge on any atom is -0.394 e. The summed E-state index contributed by atoms with van der Waals surface area (Å²) in [5, 5.41) is 43.8. The first kappa shape index (κ1) is 57.5. The van der Waals surface area contributed by atoms with E-state index in [1.54, 1.807) is 0 Å². The van der Waals surface area contributed by atoms with Crippen molar-refractivity contribution in [1.82, 2.24) is 5.32 Å². The molecule has 6 nitrogen and oxygen atoms in total. The van der Waals surface area contributed by atoms with Gasteiger partial charge in [-0.05, 0) is 64.2 Å².